The van der Waals surface area contributed by atoms with Gasteiger partial charge in [0.05, 0.1) is 12.2 Å². The monoisotopic (exact) mass is 344 g/mol. The number of likely N-dealkylation sites (tertiary alicyclic amines) is 2. The van der Waals surface area contributed by atoms with Gasteiger partial charge in [-0.3, -0.25) is 9.59 Å². The second-order valence-electron chi connectivity index (χ2n) is 8.05. The molecular weight excluding hydrogens is 316 g/mol. The lowest BCUT2D eigenvalue weighted by Crippen LogP contribution is -2.53. The Kier molecular flexibility index (Phi) is 4.63. The molecule has 1 aromatic rings. The van der Waals surface area contributed by atoms with Crippen molar-refractivity contribution in [1.82, 2.24) is 19.6 Å². The van der Waals surface area contributed by atoms with E-state index in [0.717, 1.165) is 76.2 Å². The molecule has 1 aromatic heterocycles. The van der Waals surface area contributed by atoms with E-state index in [1.54, 1.807) is 17.7 Å². The largest absolute Gasteiger partial charge is 0.343 e. The van der Waals surface area contributed by atoms with E-state index in [0.29, 0.717) is 11.8 Å². The van der Waals surface area contributed by atoms with Crippen molar-refractivity contribution in [3.63, 3.8) is 0 Å². The van der Waals surface area contributed by atoms with Crippen molar-refractivity contribution < 1.29 is 4.79 Å². The Bertz CT molecular complexity index is 708. The fourth-order valence-corrected chi connectivity index (χ4v) is 4.62. The number of carbonyl (C=O) groups excluding carboxylic acids is 1. The van der Waals surface area contributed by atoms with Crippen LogP contribution >= 0.6 is 0 Å². The van der Waals surface area contributed by atoms with Crippen molar-refractivity contribution in [2.45, 2.75) is 45.6 Å². The highest BCUT2D eigenvalue weighted by atomic mass is 16.2. The summed E-state index contributed by atoms with van der Waals surface area (Å²) in [4.78, 5) is 28.2. The van der Waals surface area contributed by atoms with E-state index < -0.39 is 0 Å². The van der Waals surface area contributed by atoms with Gasteiger partial charge in [0, 0.05) is 51.6 Å². The van der Waals surface area contributed by atoms with Gasteiger partial charge in [0.15, 0.2) is 0 Å². The summed E-state index contributed by atoms with van der Waals surface area (Å²) in [5.74, 6) is 1.32. The van der Waals surface area contributed by atoms with Crippen LogP contribution in [0.5, 0.6) is 0 Å². The lowest BCUT2D eigenvalue weighted by atomic mass is 9.93. The Labute approximate surface area is 148 Å². The first-order chi connectivity index (χ1) is 12.1. The minimum Gasteiger partial charge on any atom is -0.343 e. The number of amides is 1. The summed E-state index contributed by atoms with van der Waals surface area (Å²) in [6, 6.07) is 1.80. The third kappa shape index (κ3) is 3.64. The average Bonchev–Trinajstić information content (AvgIpc) is 3.00. The predicted molar refractivity (Wildman–Crippen MR) is 95.4 cm³/mol. The normalized spacial score (nSPS) is 24.2. The van der Waals surface area contributed by atoms with E-state index in [4.69, 9.17) is 0 Å². The maximum atomic E-state index is 12.2. The number of hydrogen-bond acceptors (Lipinski definition) is 4. The van der Waals surface area contributed by atoms with Crippen LogP contribution in [0.3, 0.4) is 0 Å². The van der Waals surface area contributed by atoms with E-state index in [2.05, 4.69) is 10.00 Å². The summed E-state index contributed by atoms with van der Waals surface area (Å²) in [7, 11) is 0. The van der Waals surface area contributed by atoms with E-state index >= 15 is 0 Å². The topological polar surface area (TPSA) is 58.4 Å². The minimum atomic E-state index is 0.0588. The Balaban J connectivity index is 1.27. The number of carbonyl (C=O) groups is 1. The van der Waals surface area contributed by atoms with E-state index in [1.807, 2.05) is 4.90 Å². The van der Waals surface area contributed by atoms with Crippen molar-refractivity contribution in [2.24, 2.45) is 11.8 Å². The molecule has 0 spiro atoms. The van der Waals surface area contributed by atoms with Gasteiger partial charge in [-0.2, -0.15) is 5.10 Å². The summed E-state index contributed by atoms with van der Waals surface area (Å²) in [5.41, 5.74) is 2.34. The standard InChI is InChI=1S/C19H28N4O2/c1-14(24)22-7-3-4-15(12-22)9-21-10-16(11-21)13-23-19(25)8-17-5-2-6-18(17)20-23/h8,15-16H,2-7,9-13H2,1H3. The van der Waals surface area contributed by atoms with Crippen molar-refractivity contribution in [2.75, 3.05) is 32.7 Å². The second-order valence-corrected chi connectivity index (χ2v) is 8.05. The molecule has 25 heavy (non-hydrogen) atoms. The third-order valence-electron chi connectivity index (χ3n) is 5.97. The van der Waals surface area contributed by atoms with Gasteiger partial charge in [0.1, 0.15) is 0 Å². The fraction of sp³-hybridized carbons (Fsp3) is 0.737. The molecule has 6 heteroatoms. The Morgan fingerprint density at radius 3 is 2.80 bits per heavy atom. The maximum Gasteiger partial charge on any atom is 0.267 e. The molecular formula is C19H28N4O2. The van der Waals surface area contributed by atoms with Crippen molar-refractivity contribution in [3.8, 4) is 0 Å². The third-order valence-corrected chi connectivity index (χ3v) is 5.97. The van der Waals surface area contributed by atoms with E-state index in [9.17, 15) is 9.59 Å². The van der Waals surface area contributed by atoms with Crippen LogP contribution in [-0.4, -0.2) is 58.2 Å². The molecule has 2 aliphatic heterocycles. The van der Waals surface area contributed by atoms with Crippen LogP contribution in [0.4, 0.5) is 0 Å². The lowest BCUT2D eigenvalue weighted by Gasteiger charge is -2.43. The molecule has 3 heterocycles. The zero-order valence-electron chi connectivity index (χ0n) is 15.1. The second kappa shape index (κ2) is 6.90. The van der Waals surface area contributed by atoms with Crippen LogP contribution in [0.15, 0.2) is 10.9 Å². The van der Waals surface area contributed by atoms with Gasteiger partial charge in [0.2, 0.25) is 5.91 Å². The summed E-state index contributed by atoms with van der Waals surface area (Å²) >= 11 is 0. The summed E-state index contributed by atoms with van der Waals surface area (Å²) in [6.45, 7) is 7.40. The molecule has 2 saturated heterocycles. The first kappa shape index (κ1) is 16.8. The highest BCUT2D eigenvalue weighted by Crippen LogP contribution is 2.24. The molecule has 1 unspecified atom stereocenters. The number of nitrogens with zero attached hydrogens (tertiary/aromatic N) is 4. The van der Waals surface area contributed by atoms with Crippen LogP contribution in [0, 0.1) is 11.8 Å². The molecule has 0 saturated carbocycles. The molecule has 0 radical (unpaired) electrons. The SMILES string of the molecule is CC(=O)N1CCCC(CN2CC(Cn3nc4c(cc3=O)CCC4)C2)C1. The smallest absolute Gasteiger partial charge is 0.267 e. The first-order valence-corrected chi connectivity index (χ1v) is 9.66. The summed E-state index contributed by atoms with van der Waals surface area (Å²) < 4.78 is 1.68. The highest BCUT2D eigenvalue weighted by molar-refractivity contribution is 5.73. The number of hydrogen-bond donors (Lipinski definition) is 0. The quantitative estimate of drug-likeness (QED) is 0.815. The molecule has 6 nitrogen and oxygen atoms in total. The number of aryl methyl sites for hydroxylation is 2. The predicted octanol–water partition coefficient (Wildman–Crippen LogP) is 0.922. The summed E-state index contributed by atoms with van der Waals surface area (Å²) in [5, 5.41) is 4.59. The molecule has 1 atom stereocenters. The molecule has 3 aliphatic rings. The van der Waals surface area contributed by atoms with Gasteiger partial charge in [-0.1, -0.05) is 0 Å². The van der Waals surface area contributed by atoms with E-state index in [1.165, 1.54) is 6.42 Å². The van der Waals surface area contributed by atoms with Gasteiger partial charge in [0.25, 0.3) is 5.56 Å². The van der Waals surface area contributed by atoms with Crippen LogP contribution in [-0.2, 0) is 24.2 Å². The molecule has 4 rings (SSSR count). The van der Waals surface area contributed by atoms with Gasteiger partial charge >= 0.3 is 0 Å². The lowest BCUT2D eigenvalue weighted by molar-refractivity contribution is -0.130. The van der Waals surface area contributed by atoms with Crippen molar-refractivity contribution >= 4 is 5.91 Å². The van der Waals surface area contributed by atoms with Crippen molar-refractivity contribution in [1.29, 1.82) is 0 Å². The first-order valence-electron chi connectivity index (χ1n) is 9.66. The van der Waals surface area contributed by atoms with Crippen LogP contribution in [0.25, 0.3) is 0 Å². The molecule has 0 bridgehead atoms. The number of rotatable bonds is 4. The Morgan fingerprint density at radius 1 is 1.16 bits per heavy atom. The van der Waals surface area contributed by atoms with Gasteiger partial charge in [-0.05, 0) is 43.6 Å². The molecule has 1 amide bonds. The maximum absolute atomic E-state index is 12.2. The zero-order chi connectivity index (χ0) is 17.4. The van der Waals surface area contributed by atoms with Gasteiger partial charge in [-0.15, -0.1) is 0 Å². The van der Waals surface area contributed by atoms with E-state index in [-0.39, 0.29) is 11.5 Å². The number of aromatic nitrogens is 2. The fourth-order valence-electron chi connectivity index (χ4n) is 4.62. The van der Waals surface area contributed by atoms with Gasteiger partial charge in [-0.25, -0.2) is 4.68 Å². The number of fused-ring (bicyclic) bond motifs is 1. The number of piperidine rings is 1. The Hall–Kier alpha value is -1.69. The average molecular weight is 344 g/mol. The molecule has 0 N–H and O–H groups in total. The van der Waals surface area contributed by atoms with Gasteiger partial charge < -0.3 is 9.80 Å². The van der Waals surface area contributed by atoms with Crippen molar-refractivity contribution in [3.05, 3.63) is 27.7 Å². The Morgan fingerprint density at radius 2 is 2.00 bits per heavy atom. The van der Waals surface area contributed by atoms with Crippen LogP contribution in [0.2, 0.25) is 0 Å². The molecule has 2 fully saturated rings. The summed E-state index contributed by atoms with van der Waals surface area (Å²) in [6.07, 6.45) is 5.49. The molecule has 1 aliphatic carbocycles. The van der Waals surface area contributed by atoms with Crippen LogP contribution < -0.4 is 5.56 Å². The van der Waals surface area contributed by atoms with Crippen LogP contribution in [0.1, 0.15) is 37.4 Å². The zero-order valence-corrected chi connectivity index (χ0v) is 15.1. The minimum absolute atomic E-state index is 0.0588. The molecule has 0 aromatic carbocycles. The highest BCUT2D eigenvalue weighted by Gasteiger charge is 2.31. The molecule has 136 valence electrons.